The van der Waals surface area contributed by atoms with Gasteiger partial charge in [0, 0.05) is 5.56 Å². The van der Waals surface area contributed by atoms with Crippen LogP contribution in [0.15, 0.2) is 78.9 Å². The van der Waals surface area contributed by atoms with Crippen molar-refractivity contribution in [3.05, 3.63) is 90.0 Å². The first-order chi connectivity index (χ1) is 14.8. The quantitative estimate of drug-likeness (QED) is 0.511. The molecule has 0 atom stereocenters. The third kappa shape index (κ3) is 5.49. The first-order valence-electron chi connectivity index (χ1n) is 9.44. The molecule has 1 amide bonds. The Hall–Kier alpha value is -3.65. The predicted molar refractivity (Wildman–Crippen MR) is 117 cm³/mol. The summed E-state index contributed by atoms with van der Waals surface area (Å²) in [6, 6.07) is 20.9. The molecule has 0 bridgehead atoms. The average Bonchev–Trinajstić information content (AvgIpc) is 2.74. The Morgan fingerprint density at radius 3 is 2.16 bits per heavy atom. The van der Waals surface area contributed by atoms with Crippen LogP contribution in [0.4, 0.5) is 5.69 Å². The minimum absolute atomic E-state index is 0.0347. The molecule has 0 saturated carbocycles. The molecule has 0 N–H and O–H groups in total. The third-order valence-corrected chi connectivity index (χ3v) is 5.21. The van der Waals surface area contributed by atoms with E-state index in [1.54, 1.807) is 31.2 Å². The van der Waals surface area contributed by atoms with Gasteiger partial charge >= 0.3 is 5.97 Å². The van der Waals surface area contributed by atoms with E-state index in [-0.39, 0.29) is 23.4 Å². The molecule has 160 valence electrons. The van der Waals surface area contributed by atoms with Crippen LogP contribution >= 0.6 is 0 Å². The van der Waals surface area contributed by atoms with E-state index in [0.717, 1.165) is 6.26 Å². The van der Waals surface area contributed by atoms with Gasteiger partial charge in [0.2, 0.25) is 10.0 Å². The summed E-state index contributed by atoms with van der Waals surface area (Å²) in [4.78, 5) is 25.2. The van der Waals surface area contributed by atoms with E-state index in [9.17, 15) is 18.0 Å². The molecule has 0 radical (unpaired) electrons. The lowest BCUT2D eigenvalue weighted by atomic mass is 10.1. The zero-order valence-corrected chi connectivity index (χ0v) is 17.8. The van der Waals surface area contributed by atoms with E-state index in [1.807, 2.05) is 18.2 Å². The summed E-state index contributed by atoms with van der Waals surface area (Å²) >= 11 is 0. The summed E-state index contributed by atoms with van der Waals surface area (Å²) in [7, 11) is -4.00. The number of rotatable bonds is 7. The highest BCUT2D eigenvalue weighted by atomic mass is 32.2. The second-order valence-electron chi connectivity index (χ2n) is 6.55. The number of hydrogen-bond donors (Lipinski definition) is 0. The summed E-state index contributed by atoms with van der Waals surface area (Å²) in [5.41, 5.74) is 0.287. The maximum atomic E-state index is 13.2. The second kappa shape index (κ2) is 9.44. The molecular formula is C23H21NO6S. The van der Waals surface area contributed by atoms with Crippen LogP contribution in [-0.4, -0.2) is 33.2 Å². The number of para-hydroxylation sites is 1. The fourth-order valence-corrected chi connectivity index (χ4v) is 3.77. The van der Waals surface area contributed by atoms with E-state index < -0.39 is 21.9 Å². The molecule has 3 rings (SSSR count). The minimum Gasteiger partial charge on any atom is -0.462 e. The Morgan fingerprint density at radius 1 is 0.839 bits per heavy atom. The third-order valence-electron chi connectivity index (χ3n) is 4.17. The number of carbonyl (C=O) groups excluding carboxylic acids is 2. The van der Waals surface area contributed by atoms with E-state index in [4.69, 9.17) is 9.47 Å². The highest BCUT2D eigenvalue weighted by Crippen LogP contribution is 2.26. The number of anilines is 1. The molecular weight excluding hydrogens is 418 g/mol. The van der Waals surface area contributed by atoms with Gasteiger partial charge in [0.25, 0.3) is 5.91 Å². The van der Waals surface area contributed by atoms with Gasteiger partial charge in [-0.1, -0.05) is 30.3 Å². The van der Waals surface area contributed by atoms with Crippen molar-refractivity contribution in [3.63, 3.8) is 0 Å². The van der Waals surface area contributed by atoms with Crippen molar-refractivity contribution < 1.29 is 27.5 Å². The van der Waals surface area contributed by atoms with E-state index >= 15 is 0 Å². The molecule has 0 aliphatic heterocycles. The van der Waals surface area contributed by atoms with Crippen LogP contribution in [0.3, 0.4) is 0 Å². The Kier molecular flexibility index (Phi) is 6.71. The van der Waals surface area contributed by atoms with Crippen molar-refractivity contribution in [1.82, 2.24) is 0 Å². The molecule has 0 fully saturated rings. The molecule has 0 spiro atoms. The summed E-state index contributed by atoms with van der Waals surface area (Å²) < 4.78 is 36.3. The van der Waals surface area contributed by atoms with Gasteiger partial charge in [-0.05, 0) is 55.5 Å². The number of esters is 1. The fourth-order valence-electron chi connectivity index (χ4n) is 2.87. The van der Waals surface area contributed by atoms with E-state index in [0.29, 0.717) is 15.8 Å². The molecule has 8 heteroatoms. The van der Waals surface area contributed by atoms with Gasteiger partial charge in [-0.15, -0.1) is 0 Å². The molecule has 3 aromatic carbocycles. The molecule has 31 heavy (non-hydrogen) atoms. The second-order valence-corrected chi connectivity index (χ2v) is 8.38. The first kappa shape index (κ1) is 22.0. The molecule has 7 nitrogen and oxygen atoms in total. The molecule has 0 aliphatic carbocycles. The number of carbonyl (C=O) groups is 2. The monoisotopic (exact) mass is 439 g/mol. The largest absolute Gasteiger partial charge is 0.462 e. The molecule has 0 aliphatic rings. The Balaban J connectivity index is 1.96. The van der Waals surface area contributed by atoms with Gasteiger partial charge in [0.05, 0.1) is 24.1 Å². The maximum absolute atomic E-state index is 13.2. The minimum atomic E-state index is -4.00. The smallest absolute Gasteiger partial charge is 0.338 e. The van der Waals surface area contributed by atoms with Crippen LogP contribution < -0.4 is 9.04 Å². The van der Waals surface area contributed by atoms with E-state index in [1.165, 1.54) is 36.4 Å². The van der Waals surface area contributed by atoms with Crippen molar-refractivity contribution in [2.45, 2.75) is 6.92 Å². The molecule has 0 saturated heterocycles. The van der Waals surface area contributed by atoms with Crippen molar-refractivity contribution >= 4 is 27.6 Å². The lowest BCUT2D eigenvalue weighted by Gasteiger charge is -2.21. The van der Waals surface area contributed by atoms with Gasteiger partial charge in [-0.25, -0.2) is 17.5 Å². The zero-order valence-electron chi connectivity index (χ0n) is 17.0. The lowest BCUT2D eigenvalue weighted by Crippen LogP contribution is -2.36. The fraction of sp³-hybridized carbons (Fsp3) is 0.130. The number of benzene rings is 3. The predicted octanol–water partition coefficient (Wildman–Crippen LogP) is 4.26. The van der Waals surface area contributed by atoms with Crippen LogP contribution in [0.25, 0.3) is 0 Å². The Labute approximate surface area is 180 Å². The van der Waals surface area contributed by atoms with E-state index in [2.05, 4.69) is 0 Å². The summed E-state index contributed by atoms with van der Waals surface area (Å²) in [6.07, 6.45) is 0.923. The zero-order chi connectivity index (χ0) is 22.4. The molecule has 0 aromatic heterocycles. The van der Waals surface area contributed by atoms with Crippen LogP contribution in [0.1, 0.15) is 27.6 Å². The molecule has 0 heterocycles. The Morgan fingerprint density at radius 2 is 1.48 bits per heavy atom. The van der Waals surface area contributed by atoms with Gasteiger partial charge in [-0.3, -0.25) is 4.79 Å². The summed E-state index contributed by atoms with van der Waals surface area (Å²) in [5, 5.41) is 0. The summed E-state index contributed by atoms with van der Waals surface area (Å²) in [5.74, 6) is -0.425. The highest BCUT2D eigenvalue weighted by Gasteiger charge is 2.27. The van der Waals surface area contributed by atoms with Crippen molar-refractivity contribution in [3.8, 4) is 11.5 Å². The molecule has 0 unspecified atom stereocenters. The van der Waals surface area contributed by atoms with Crippen LogP contribution in [0, 0.1) is 0 Å². The van der Waals surface area contributed by atoms with Crippen molar-refractivity contribution in [2.24, 2.45) is 0 Å². The SMILES string of the molecule is CCOC(=O)c1cccc(N(C(=O)c2cccc(Oc3ccccc3)c2)S(C)(=O)=O)c1. The number of ether oxygens (including phenoxy) is 2. The lowest BCUT2D eigenvalue weighted by molar-refractivity contribution is 0.0526. The maximum Gasteiger partial charge on any atom is 0.338 e. The summed E-state index contributed by atoms with van der Waals surface area (Å²) in [6.45, 7) is 1.84. The number of sulfonamides is 1. The first-order valence-corrected chi connectivity index (χ1v) is 11.3. The standard InChI is InChI=1S/C23H21NO6S/c1-3-29-23(26)18-10-7-11-19(15-18)24(31(2,27)28)22(25)17-9-8-14-21(16-17)30-20-12-5-4-6-13-20/h4-16H,3H2,1-2H3. The number of nitrogens with zero attached hydrogens (tertiary/aromatic N) is 1. The number of amides is 1. The van der Waals surface area contributed by atoms with Crippen molar-refractivity contribution in [1.29, 1.82) is 0 Å². The Bertz CT molecular complexity index is 1190. The molecule has 3 aromatic rings. The van der Waals surface area contributed by atoms with Gasteiger partial charge in [-0.2, -0.15) is 0 Å². The topological polar surface area (TPSA) is 90.0 Å². The highest BCUT2D eigenvalue weighted by molar-refractivity contribution is 7.92. The van der Waals surface area contributed by atoms with Gasteiger partial charge in [0.1, 0.15) is 11.5 Å². The normalized spacial score (nSPS) is 10.9. The van der Waals surface area contributed by atoms with Gasteiger partial charge < -0.3 is 9.47 Å². The van der Waals surface area contributed by atoms with Crippen molar-refractivity contribution in [2.75, 3.05) is 17.2 Å². The van der Waals surface area contributed by atoms with Crippen LogP contribution in [-0.2, 0) is 14.8 Å². The average molecular weight is 439 g/mol. The van der Waals surface area contributed by atoms with Gasteiger partial charge in [0.15, 0.2) is 0 Å². The number of hydrogen-bond acceptors (Lipinski definition) is 6. The van der Waals surface area contributed by atoms with Crippen LogP contribution in [0.5, 0.6) is 11.5 Å². The van der Waals surface area contributed by atoms with Crippen LogP contribution in [0.2, 0.25) is 0 Å².